The van der Waals surface area contributed by atoms with Gasteiger partial charge in [-0.2, -0.15) is 26.3 Å². The molecule has 2 aromatic rings. The van der Waals surface area contributed by atoms with Crippen LogP contribution in [0.1, 0.15) is 62.3 Å². The first-order valence-electron chi connectivity index (χ1n) is 8.17. The van der Waals surface area contributed by atoms with Crippen LogP contribution in [0, 0.1) is 0 Å². The largest absolute Gasteiger partial charge is 0.433 e. The Labute approximate surface area is 142 Å². The lowest BCUT2D eigenvalue weighted by atomic mass is 9.88. The first-order chi connectivity index (χ1) is 11.6. The molecule has 138 valence electrons. The minimum atomic E-state index is -4.80. The predicted molar refractivity (Wildman–Crippen MR) is 84.3 cm³/mol. The third-order valence-electron chi connectivity index (χ3n) is 4.31. The Balaban J connectivity index is 2.79. The van der Waals surface area contributed by atoms with Gasteiger partial charge in [-0.25, -0.2) is 4.98 Å². The van der Waals surface area contributed by atoms with E-state index in [2.05, 4.69) is 4.98 Å². The predicted octanol–water partition coefficient (Wildman–Crippen LogP) is 6.96. The van der Waals surface area contributed by atoms with Crippen molar-refractivity contribution in [2.24, 2.45) is 0 Å². The number of hydrogen-bond donors (Lipinski definition) is 0. The Kier molecular flexibility index (Phi) is 5.64. The summed E-state index contributed by atoms with van der Waals surface area (Å²) in [5.74, 6) is -0.241. The smallest absolute Gasteiger partial charge is 0.243 e. The second-order valence-corrected chi connectivity index (χ2v) is 6.04. The molecule has 0 fully saturated rings. The molecule has 1 heterocycles. The molecule has 0 spiro atoms. The molecule has 1 atom stereocenters. The molecule has 0 aliphatic carbocycles. The molecule has 1 aromatic carbocycles. The lowest BCUT2D eigenvalue weighted by Gasteiger charge is -2.21. The maximum absolute atomic E-state index is 13.2. The number of rotatable bonds is 5. The van der Waals surface area contributed by atoms with Crippen molar-refractivity contribution in [1.82, 2.24) is 4.98 Å². The van der Waals surface area contributed by atoms with Gasteiger partial charge in [0, 0.05) is 5.39 Å². The Bertz CT molecular complexity index is 733. The van der Waals surface area contributed by atoms with Crippen LogP contribution in [-0.2, 0) is 12.4 Å². The fraction of sp³-hybridized carbons (Fsp3) is 0.500. The standard InChI is InChI=1S/C18H19F6N/c1-3-5-7-11(4-2)13-10-15(18(22,23)24)25-16-12(13)8-6-9-14(16)17(19,20)21/h6,8-11H,3-5,7H2,1-2H3. The number of hydrogen-bond acceptors (Lipinski definition) is 1. The van der Waals surface area contributed by atoms with Crippen molar-refractivity contribution >= 4 is 10.9 Å². The highest BCUT2D eigenvalue weighted by Crippen LogP contribution is 2.40. The van der Waals surface area contributed by atoms with E-state index in [0.717, 1.165) is 25.0 Å². The molecule has 7 heteroatoms. The summed E-state index contributed by atoms with van der Waals surface area (Å²) >= 11 is 0. The normalized spacial score (nSPS) is 14.1. The van der Waals surface area contributed by atoms with E-state index in [1.807, 2.05) is 13.8 Å². The Hall–Kier alpha value is -1.79. The summed E-state index contributed by atoms with van der Waals surface area (Å²) in [6.07, 6.45) is -6.74. The number of pyridine rings is 1. The first kappa shape index (κ1) is 19.5. The van der Waals surface area contributed by atoms with Gasteiger partial charge < -0.3 is 0 Å². The van der Waals surface area contributed by atoms with Crippen LogP contribution >= 0.6 is 0 Å². The van der Waals surface area contributed by atoms with E-state index in [1.54, 1.807) is 0 Å². The van der Waals surface area contributed by atoms with Crippen LogP contribution < -0.4 is 0 Å². The minimum absolute atomic E-state index is 0.144. The van der Waals surface area contributed by atoms with Crippen molar-refractivity contribution < 1.29 is 26.3 Å². The quantitative estimate of drug-likeness (QED) is 0.524. The molecule has 0 aliphatic heterocycles. The van der Waals surface area contributed by atoms with Crippen LogP contribution in [0.15, 0.2) is 24.3 Å². The van der Waals surface area contributed by atoms with Gasteiger partial charge in [-0.05, 0) is 36.5 Å². The minimum Gasteiger partial charge on any atom is -0.243 e. The molecule has 0 aliphatic rings. The van der Waals surface area contributed by atoms with Gasteiger partial charge in [0.05, 0.1) is 11.1 Å². The summed E-state index contributed by atoms with van der Waals surface area (Å²) in [6, 6.07) is 4.32. The third kappa shape index (κ3) is 4.25. The zero-order valence-electron chi connectivity index (χ0n) is 13.9. The summed E-state index contributed by atoms with van der Waals surface area (Å²) < 4.78 is 79.3. The molecule has 25 heavy (non-hydrogen) atoms. The van der Waals surface area contributed by atoms with Crippen molar-refractivity contribution in [3.8, 4) is 0 Å². The van der Waals surface area contributed by atoms with Gasteiger partial charge in [0.25, 0.3) is 0 Å². The molecule has 0 N–H and O–H groups in total. The zero-order chi connectivity index (χ0) is 18.8. The molecule has 1 nitrogen and oxygen atoms in total. The van der Waals surface area contributed by atoms with Gasteiger partial charge in [-0.15, -0.1) is 0 Å². The Morgan fingerprint density at radius 1 is 1.00 bits per heavy atom. The van der Waals surface area contributed by atoms with Crippen LogP contribution in [0.25, 0.3) is 10.9 Å². The molecule has 0 saturated carbocycles. The van der Waals surface area contributed by atoms with Gasteiger partial charge in [-0.1, -0.05) is 38.8 Å². The van der Waals surface area contributed by atoms with E-state index in [1.165, 1.54) is 12.1 Å². The number of nitrogens with zero attached hydrogens (tertiary/aromatic N) is 1. The van der Waals surface area contributed by atoms with Crippen LogP contribution in [0.4, 0.5) is 26.3 Å². The van der Waals surface area contributed by atoms with Crippen LogP contribution in [0.2, 0.25) is 0 Å². The molecule has 1 aromatic heterocycles. The number of fused-ring (bicyclic) bond motifs is 1. The summed E-state index contributed by atoms with van der Waals surface area (Å²) in [7, 11) is 0. The molecular weight excluding hydrogens is 344 g/mol. The summed E-state index contributed by atoms with van der Waals surface area (Å²) in [4.78, 5) is 3.33. The number of unbranched alkanes of at least 4 members (excludes halogenated alkanes) is 1. The van der Waals surface area contributed by atoms with Crippen molar-refractivity contribution in [2.45, 2.75) is 57.8 Å². The topological polar surface area (TPSA) is 12.9 Å². The van der Waals surface area contributed by atoms with Crippen molar-refractivity contribution in [3.05, 3.63) is 41.1 Å². The second kappa shape index (κ2) is 7.22. The molecule has 2 rings (SSSR count). The zero-order valence-corrected chi connectivity index (χ0v) is 13.9. The molecule has 0 saturated heterocycles. The highest BCUT2D eigenvalue weighted by molar-refractivity contribution is 5.86. The number of benzene rings is 1. The maximum atomic E-state index is 13.2. The lowest BCUT2D eigenvalue weighted by Crippen LogP contribution is -2.14. The molecule has 0 bridgehead atoms. The Morgan fingerprint density at radius 3 is 2.20 bits per heavy atom. The van der Waals surface area contributed by atoms with Gasteiger partial charge in [-0.3, -0.25) is 0 Å². The van der Waals surface area contributed by atoms with E-state index < -0.39 is 29.1 Å². The molecule has 1 unspecified atom stereocenters. The first-order valence-corrected chi connectivity index (χ1v) is 8.17. The highest BCUT2D eigenvalue weighted by atomic mass is 19.4. The number of alkyl halides is 6. The lowest BCUT2D eigenvalue weighted by molar-refractivity contribution is -0.142. The fourth-order valence-corrected chi connectivity index (χ4v) is 3.02. The highest BCUT2D eigenvalue weighted by Gasteiger charge is 2.37. The summed E-state index contributed by atoms with van der Waals surface area (Å²) in [5.41, 5.74) is -2.75. The Morgan fingerprint density at radius 2 is 1.68 bits per heavy atom. The van der Waals surface area contributed by atoms with Gasteiger partial charge in [0.15, 0.2) is 0 Å². The summed E-state index contributed by atoms with van der Waals surface area (Å²) in [6.45, 7) is 3.79. The van der Waals surface area contributed by atoms with Crippen molar-refractivity contribution in [3.63, 3.8) is 0 Å². The number of aromatic nitrogens is 1. The van der Waals surface area contributed by atoms with Crippen molar-refractivity contribution in [2.75, 3.05) is 0 Å². The molecule has 0 radical (unpaired) electrons. The van der Waals surface area contributed by atoms with Gasteiger partial charge in [0.2, 0.25) is 0 Å². The number of halogens is 6. The average molecular weight is 363 g/mol. The van der Waals surface area contributed by atoms with E-state index in [-0.39, 0.29) is 11.3 Å². The monoisotopic (exact) mass is 363 g/mol. The van der Waals surface area contributed by atoms with Gasteiger partial charge >= 0.3 is 12.4 Å². The van der Waals surface area contributed by atoms with Crippen LogP contribution in [0.5, 0.6) is 0 Å². The third-order valence-corrected chi connectivity index (χ3v) is 4.31. The fourth-order valence-electron chi connectivity index (χ4n) is 3.02. The molecular formula is C18H19F6N. The number of para-hydroxylation sites is 1. The average Bonchev–Trinajstić information content (AvgIpc) is 2.52. The summed E-state index contributed by atoms with van der Waals surface area (Å²) in [5, 5.41) is 0.144. The second-order valence-electron chi connectivity index (χ2n) is 6.04. The van der Waals surface area contributed by atoms with Gasteiger partial charge in [0.1, 0.15) is 5.69 Å². The van der Waals surface area contributed by atoms with E-state index in [4.69, 9.17) is 0 Å². The SMILES string of the molecule is CCCCC(CC)c1cc(C(F)(F)F)nc2c(C(F)(F)F)cccc12. The van der Waals surface area contributed by atoms with Crippen LogP contribution in [-0.4, -0.2) is 4.98 Å². The van der Waals surface area contributed by atoms with E-state index >= 15 is 0 Å². The van der Waals surface area contributed by atoms with Crippen LogP contribution in [0.3, 0.4) is 0 Å². The van der Waals surface area contributed by atoms with Crippen molar-refractivity contribution in [1.29, 1.82) is 0 Å². The maximum Gasteiger partial charge on any atom is 0.433 e. The van der Waals surface area contributed by atoms with E-state index in [9.17, 15) is 26.3 Å². The molecule has 0 amide bonds. The van der Waals surface area contributed by atoms with E-state index in [0.29, 0.717) is 18.4 Å².